The van der Waals surface area contributed by atoms with Crippen molar-refractivity contribution in [3.63, 3.8) is 0 Å². The summed E-state index contributed by atoms with van der Waals surface area (Å²) < 4.78 is 25.2. The van der Waals surface area contributed by atoms with E-state index in [1.165, 1.54) is 29.2 Å². The molecule has 1 heterocycles. The van der Waals surface area contributed by atoms with Gasteiger partial charge in [0.15, 0.2) is 23.1 Å². The molecule has 0 radical (unpaired) electrons. The van der Waals surface area contributed by atoms with Crippen molar-refractivity contribution in [1.29, 1.82) is 0 Å². The fraction of sp³-hybridized carbons (Fsp3) is 0.542. The lowest BCUT2D eigenvalue weighted by atomic mass is 9.94. The summed E-state index contributed by atoms with van der Waals surface area (Å²) in [5, 5.41) is 8.87. The molecule has 1 aromatic carbocycles. The van der Waals surface area contributed by atoms with Gasteiger partial charge < -0.3 is 14.6 Å². The van der Waals surface area contributed by atoms with Crippen LogP contribution in [-0.4, -0.2) is 31.2 Å². The second-order valence-electron chi connectivity index (χ2n) is 8.95. The van der Waals surface area contributed by atoms with Crippen molar-refractivity contribution in [3.8, 4) is 11.5 Å². The standard InChI is InChI=1S/C24H29FO4S/c1-13-20-15(12-16-21(20)24(16,2)3)23(30-13)18(27)7-6-14-10-17(25)22(19(11-14)28-4)29-9-5-8-26/h10-11,16,21,26H,5-9,12H2,1-4H3/t16-,21-/m1/s1. The summed E-state index contributed by atoms with van der Waals surface area (Å²) in [6, 6.07) is 3.14. The first-order chi connectivity index (χ1) is 14.3. The third kappa shape index (κ3) is 3.54. The fourth-order valence-corrected chi connectivity index (χ4v) is 6.22. The van der Waals surface area contributed by atoms with Crippen molar-refractivity contribution in [1.82, 2.24) is 0 Å². The number of ether oxygens (including phenoxy) is 2. The number of carbonyl (C=O) groups excluding carboxylic acids is 1. The van der Waals surface area contributed by atoms with Crippen LogP contribution in [0.15, 0.2) is 12.1 Å². The maximum atomic E-state index is 14.5. The lowest BCUT2D eigenvalue weighted by molar-refractivity contribution is 0.0985. The van der Waals surface area contributed by atoms with Crippen LogP contribution in [0.1, 0.15) is 63.8 Å². The Kier molecular flexibility index (Phi) is 5.66. The first-order valence-electron chi connectivity index (χ1n) is 10.5. The third-order valence-electron chi connectivity index (χ3n) is 6.75. The molecule has 0 amide bonds. The number of benzene rings is 1. The van der Waals surface area contributed by atoms with Crippen molar-refractivity contribution in [2.24, 2.45) is 11.3 Å². The highest BCUT2D eigenvalue weighted by molar-refractivity contribution is 7.14. The molecule has 0 aliphatic heterocycles. The highest BCUT2D eigenvalue weighted by Gasteiger charge is 2.63. The fourth-order valence-electron chi connectivity index (χ4n) is 5.02. The van der Waals surface area contributed by atoms with Crippen LogP contribution in [-0.2, 0) is 12.8 Å². The van der Waals surface area contributed by atoms with E-state index in [9.17, 15) is 9.18 Å². The first-order valence-corrected chi connectivity index (χ1v) is 11.4. The van der Waals surface area contributed by atoms with E-state index in [1.807, 2.05) is 0 Å². The SMILES string of the molecule is COc1cc(CCC(=O)c2sc(C)c3c2C[C@@H]2[C@H]3C2(C)C)cc(F)c1OCCCO. The number of halogens is 1. The molecular formula is C24H29FO4S. The minimum Gasteiger partial charge on any atom is -0.493 e. The van der Waals surface area contributed by atoms with Gasteiger partial charge in [-0.05, 0) is 65.8 Å². The zero-order chi connectivity index (χ0) is 21.6. The lowest BCUT2D eigenvalue weighted by Gasteiger charge is -2.13. The molecule has 2 aliphatic rings. The predicted molar refractivity (Wildman–Crippen MR) is 116 cm³/mol. The average molecular weight is 433 g/mol. The predicted octanol–water partition coefficient (Wildman–Crippen LogP) is 5.08. The molecule has 0 unspecified atom stereocenters. The molecule has 2 aliphatic carbocycles. The Hall–Kier alpha value is -1.92. The van der Waals surface area contributed by atoms with Crippen LogP contribution in [0.5, 0.6) is 11.5 Å². The molecule has 2 aromatic rings. The van der Waals surface area contributed by atoms with Gasteiger partial charge in [0.05, 0.1) is 18.6 Å². The Morgan fingerprint density at radius 1 is 1.37 bits per heavy atom. The van der Waals surface area contributed by atoms with Crippen LogP contribution in [0.2, 0.25) is 0 Å². The molecule has 1 N–H and O–H groups in total. The van der Waals surface area contributed by atoms with E-state index >= 15 is 0 Å². The van der Waals surface area contributed by atoms with Crippen molar-refractivity contribution >= 4 is 17.1 Å². The van der Waals surface area contributed by atoms with Gasteiger partial charge in [-0.15, -0.1) is 11.3 Å². The highest BCUT2D eigenvalue weighted by atomic mass is 32.1. The van der Waals surface area contributed by atoms with Crippen molar-refractivity contribution in [2.45, 2.75) is 52.4 Å². The van der Waals surface area contributed by atoms with Crippen molar-refractivity contribution in [3.05, 3.63) is 44.4 Å². The molecule has 4 rings (SSSR count). The molecule has 30 heavy (non-hydrogen) atoms. The summed E-state index contributed by atoms with van der Waals surface area (Å²) in [4.78, 5) is 15.2. The summed E-state index contributed by atoms with van der Waals surface area (Å²) in [5.41, 5.74) is 3.78. The first kappa shape index (κ1) is 21.3. The minimum atomic E-state index is -0.509. The van der Waals surface area contributed by atoms with E-state index < -0.39 is 5.82 Å². The van der Waals surface area contributed by atoms with Gasteiger partial charge >= 0.3 is 0 Å². The van der Waals surface area contributed by atoms with Gasteiger partial charge in [0.25, 0.3) is 0 Å². The van der Waals surface area contributed by atoms with Crippen LogP contribution in [0.4, 0.5) is 4.39 Å². The number of ketones is 1. The molecule has 1 fully saturated rings. The van der Waals surface area contributed by atoms with Crippen molar-refractivity contribution < 1.29 is 23.8 Å². The molecule has 6 heteroatoms. The van der Waals surface area contributed by atoms with E-state index in [1.54, 1.807) is 17.4 Å². The number of hydrogen-bond donors (Lipinski definition) is 1. The van der Waals surface area contributed by atoms with Gasteiger partial charge in [0.2, 0.25) is 0 Å². The summed E-state index contributed by atoms with van der Waals surface area (Å²) in [6.07, 6.45) is 2.23. The van der Waals surface area contributed by atoms with Gasteiger partial charge in [-0.2, -0.15) is 0 Å². The van der Waals surface area contributed by atoms with E-state index in [2.05, 4.69) is 20.8 Å². The second kappa shape index (κ2) is 7.97. The van der Waals surface area contributed by atoms with Gasteiger partial charge in [0.1, 0.15) is 0 Å². The van der Waals surface area contributed by atoms with Gasteiger partial charge in [-0.1, -0.05) is 13.8 Å². The molecule has 1 aromatic heterocycles. The third-order valence-corrected chi connectivity index (χ3v) is 7.96. The number of fused-ring (bicyclic) bond motifs is 3. The van der Waals surface area contributed by atoms with Gasteiger partial charge in [0, 0.05) is 24.3 Å². The maximum absolute atomic E-state index is 14.5. The number of hydrogen-bond acceptors (Lipinski definition) is 5. The molecule has 2 atom stereocenters. The number of aliphatic hydroxyl groups is 1. The highest BCUT2D eigenvalue weighted by Crippen LogP contribution is 2.71. The topological polar surface area (TPSA) is 55.8 Å². The van der Waals surface area contributed by atoms with E-state index in [0.29, 0.717) is 47.8 Å². The average Bonchev–Trinajstić information content (AvgIpc) is 3.04. The van der Waals surface area contributed by atoms with Crippen LogP contribution in [0.25, 0.3) is 0 Å². The number of aliphatic hydroxyl groups excluding tert-OH is 1. The van der Waals surface area contributed by atoms with Crippen LogP contribution >= 0.6 is 11.3 Å². The van der Waals surface area contributed by atoms with E-state index in [-0.39, 0.29) is 24.7 Å². The maximum Gasteiger partial charge on any atom is 0.197 e. The number of carbonyl (C=O) groups is 1. The normalized spacial score (nSPS) is 20.6. The van der Waals surface area contributed by atoms with E-state index in [4.69, 9.17) is 14.6 Å². The Balaban J connectivity index is 1.46. The Morgan fingerprint density at radius 2 is 2.13 bits per heavy atom. The quantitative estimate of drug-likeness (QED) is 0.444. The van der Waals surface area contributed by atoms with Crippen LogP contribution in [0.3, 0.4) is 0 Å². The Morgan fingerprint density at radius 3 is 2.83 bits per heavy atom. The summed E-state index contributed by atoms with van der Waals surface area (Å²) >= 11 is 1.63. The largest absolute Gasteiger partial charge is 0.493 e. The second-order valence-corrected chi connectivity index (χ2v) is 10.2. The number of rotatable bonds is 9. The van der Waals surface area contributed by atoms with Crippen LogP contribution in [0, 0.1) is 24.1 Å². The Labute approximate surface area is 181 Å². The summed E-state index contributed by atoms with van der Waals surface area (Å²) in [7, 11) is 1.47. The van der Waals surface area contributed by atoms with E-state index in [0.717, 1.165) is 11.3 Å². The number of methoxy groups -OCH3 is 1. The molecule has 0 spiro atoms. The Bertz CT molecular complexity index is 978. The monoisotopic (exact) mass is 432 g/mol. The molecule has 0 bridgehead atoms. The lowest BCUT2D eigenvalue weighted by Crippen LogP contribution is -2.06. The summed E-state index contributed by atoms with van der Waals surface area (Å²) in [6.45, 7) is 6.97. The molecule has 4 nitrogen and oxygen atoms in total. The number of thiophene rings is 1. The molecular weight excluding hydrogens is 403 g/mol. The minimum absolute atomic E-state index is 0.0188. The number of aryl methyl sites for hydroxylation is 2. The van der Waals surface area contributed by atoms with Crippen molar-refractivity contribution in [2.75, 3.05) is 20.3 Å². The zero-order valence-electron chi connectivity index (χ0n) is 18.0. The number of Topliss-reactive ketones (excluding diaryl/α,β-unsaturated/α-hetero) is 1. The molecule has 0 saturated heterocycles. The molecule has 1 saturated carbocycles. The van der Waals surface area contributed by atoms with Gasteiger partial charge in [-0.25, -0.2) is 4.39 Å². The van der Waals surface area contributed by atoms with Gasteiger partial charge in [-0.3, -0.25) is 4.79 Å². The smallest absolute Gasteiger partial charge is 0.197 e. The summed E-state index contributed by atoms with van der Waals surface area (Å²) in [5.74, 6) is 1.29. The molecule has 162 valence electrons. The zero-order valence-corrected chi connectivity index (χ0v) is 18.8. The van der Waals surface area contributed by atoms with Crippen LogP contribution < -0.4 is 9.47 Å².